The van der Waals surface area contributed by atoms with Crippen molar-refractivity contribution < 1.29 is 13.8 Å². The van der Waals surface area contributed by atoms with Crippen LogP contribution in [-0.4, -0.2) is 58.1 Å². The number of urea groups is 1. The van der Waals surface area contributed by atoms with E-state index in [1.165, 1.54) is 11.3 Å². The fraction of sp³-hybridized carbons (Fsp3) is 0.500. The van der Waals surface area contributed by atoms with Crippen LogP contribution in [0.3, 0.4) is 0 Å². The average Bonchev–Trinajstić information content (AvgIpc) is 3.07. The van der Waals surface area contributed by atoms with Crippen LogP contribution in [-0.2, 0) is 16.2 Å². The monoisotopic (exact) mass is 464 g/mol. The molecule has 0 saturated carbocycles. The van der Waals surface area contributed by atoms with E-state index >= 15 is 0 Å². The van der Waals surface area contributed by atoms with Crippen molar-refractivity contribution in [3.05, 3.63) is 40.0 Å². The molecule has 0 spiro atoms. The molecular weight excluding hydrogens is 432 g/mol. The van der Waals surface area contributed by atoms with Gasteiger partial charge in [-0.3, -0.25) is 19.3 Å². The van der Waals surface area contributed by atoms with Crippen LogP contribution in [0, 0.1) is 13.8 Å². The number of rotatable bonds is 3. The van der Waals surface area contributed by atoms with Gasteiger partial charge in [-0.25, -0.2) is 4.79 Å². The van der Waals surface area contributed by atoms with Crippen LogP contribution in [0.1, 0.15) is 47.4 Å². The molecule has 0 bridgehead atoms. The highest BCUT2D eigenvalue weighted by Crippen LogP contribution is 2.35. The van der Waals surface area contributed by atoms with E-state index < -0.39 is 10.8 Å². The highest BCUT2D eigenvalue weighted by molar-refractivity contribution is 7.85. The Balaban J connectivity index is 0.000000357. The summed E-state index contributed by atoms with van der Waals surface area (Å²) >= 11 is 1.42. The van der Waals surface area contributed by atoms with Gasteiger partial charge in [0.05, 0.1) is 0 Å². The number of hydrogen-bond donors (Lipinski definition) is 2. The number of aldehydes is 1. The maximum absolute atomic E-state index is 12.2. The van der Waals surface area contributed by atoms with E-state index in [2.05, 4.69) is 48.3 Å². The van der Waals surface area contributed by atoms with Gasteiger partial charge in [-0.15, -0.1) is 11.3 Å². The molecule has 0 atom stereocenters. The third-order valence-electron chi connectivity index (χ3n) is 4.59. The Morgan fingerprint density at radius 2 is 1.71 bits per heavy atom. The van der Waals surface area contributed by atoms with Crippen LogP contribution < -0.4 is 10.6 Å². The van der Waals surface area contributed by atoms with Gasteiger partial charge in [-0.1, -0.05) is 20.8 Å². The Labute approximate surface area is 191 Å². The molecule has 3 rings (SSSR count). The van der Waals surface area contributed by atoms with Gasteiger partial charge in [0.15, 0.2) is 6.29 Å². The van der Waals surface area contributed by atoms with Crippen LogP contribution in [0.4, 0.5) is 15.5 Å². The topological polar surface area (TPSA) is 91.4 Å². The van der Waals surface area contributed by atoms with Gasteiger partial charge in [0.2, 0.25) is 0 Å². The van der Waals surface area contributed by atoms with E-state index in [0.717, 1.165) is 47.1 Å². The Hall–Kier alpha value is -2.10. The first kappa shape index (κ1) is 25.2. The molecule has 2 aromatic heterocycles. The maximum atomic E-state index is 12.2. The summed E-state index contributed by atoms with van der Waals surface area (Å²) < 4.78 is 10.7. The summed E-state index contributed by atoms with van der Waals surface area (Å²) in [5.74, 6) is 1.74. The third kappa shape index (κ3) is 8.16. The minimum absolute atomic E-state index is 0.0713. The van der Waals surface area contributed by atoms with Crippen molar-refractivity contribution in [1.82, 2.24) is 9.88 Å². The van der Waals surface area contributed by atoms with Gasteiger partial charge in [0.1, 0.15) is 5.00 Å². The zero-order valence-electron chi connectivity index (χ0n) is 19.1. The SMILES string of the molecule is CN1CCS(=O)CC1.Cc1cc(NC(=O)Nc2sc(C(C)(C)C)cc2C=O)cc(C)n1. The number of anilines is 2. The van der Waals surface area contributed by atoms with E-state index in [1.807, 2.05) is 19.9 Å². The number of nitrogens with zero attached hydrogens (tertiary/aromatic N) is 2. The first-order chi connectivity index (χ1) is 14.5. The fourth-order valence-electron chi connectivity index (χ4n) is 2.86. The molecule has 31 heavy (non-hydrogen) atoms. The highest BCUT2D eigenvalue weighted by Gasteiger charge is 2.20. The van der Waals surface area contributed by atoms with Gasteiger partial charge in [-0.2, -0.15) is 0 Å². The molecule has 1 aliphatic rings. The van der Waals surface area contributed by atoms with Crippen molar-refractivity contribution in [3.8, 4) is 0 Å². The Morgan fingerprint density at radius 3 is 2.19 bits per heavy atom. The molecule has 170 valence electrons. The predicted octanol–water partition coefficient (Wildman–Crippen LogP) is 4.19. The Kier molecular flexibility index (Phi) is 8.90. The van der Waals surface area contributed by atoms with Crippen molar-refractivity contribution in [1.29, 1.82) is 0 Å². The molecule has 1 fully saturated rings. The van der Waals surface area contributed by atoms with E-state index in [9.17, 15) is 13.8 Å². The van der Waals surface area contributed by atoms with Crippen molar-refractivity contribution in [2.75, 3.05) is 42.3 Å². The van der Waals surface area contributed by atoms with Crippen molar-refractivity contribution in [3.63, 3.8) is 0 Å². The number of hydrogen-bond acceptors (Lipinski definition) is 6. The van der Waals surface area contributed by atoms with Crippen molar-refractivity contribution in [2.24, 2.45) is 0 Å². The Bertz CT molecular complexity index is 920. The summed E-state index contributed by atoms with van der Waals surface area (Å²) in [6, 6.07) is 5.04. The maximum Gasteiger partial charge on any atom is 0.324 e. The van der Waals surface area contributed by atoms with E-state index in [-0.39, 0.29) is 11.4 Å². The molecule has 1 saturated heterocycles. The van der Waals surface area contributed by atoms with E-state index in [0.29, 0.717) is 16.3 Å². The summed E-state index contributed by atoms with van der Waals surface area (Å²) in [5, 5.41) is 6.09. The molecule has 0 radical (unpaired) electrons. The van der Waals surface area contributed by atoms with Crippen LogP contribution in [0.15, 0.2) is 18.2 Å². The van der Waals surface area contributed by atoms with E-state index in [1.54, 1.807) is 12.1 Å². The number of carbonyl (C=O) groups excluding carboxylic acids is 2. The second-order valence-electron chi connectivity index (χ2n) is 8.63. The second-order valence-corrected chi connectivity index (χ2v) is 11.4. The molecule has 1 aliphatic heterocycles. The van der Waals surface area contributed by atoms with Crippen LogP contribution in [0.2, 0.25) is 0 Å². The molecular formula is C22H32N4O3S2. The number of amides is 2. The number of nitrogens with one attached hydrogen (secondary N) is 2. The zero-order valence-corrected chi connectivity index (χ0v) is 20.7. The van der Waals surface area contributed by atoms with Crippen molar-refractivity contribution in [2.45, 2.75) is 40.0 Å². The normalized spacial score (nSPS) is 15.0. The molecule has 0 aromatic carbocycles. The van der Waals surface area contributed by atoms with Gasteiger partial charge in [-0.05, 0) is 44.5 Å². The minimum atomic E-state index is -0.503. The van der Waals surface area contributed by atoms with Crippen LogP contribution in [0.25, 0.3) is 0 Å². The van der Waals surface area contributed by atoms with Crippen molar-refractivity contribution >= 4 is 45.1 Å². The molecule has 7 nitrogen and oxygen atoms in total. The number of thiophene rings is 1. The lowest BCUT2D eigenvalue weighted by Crippen LogP contribution is -2.34. The number of aryl methyl sites for hydroxylation is 2. The lowest BCUT2D eigenvalue weighted by Gasteiger charge is -2.20. The lowest BCUT2D eigenvalue weighted by atomic mass is 9.94. The quantitative estimate of drug-likeness (QED) is 0.665. The van der Waals surface area contributed by atoms with Crippen LogP contribution >= 0.6 is 11.3 Å². The molecule has 0 unspecified atom stereocenters. The summed E-state index contributed by atoms with van der Waals surface area (Å²) in [4.78, 5) is 30.9. The molecule has 2 amide bonds. The van der Waals surface area contributed by atoms with Gasteiger partial charge >= 0.3 is 6.03 Å². The van der Waals surface area contributed by atoms with Gasteiger partial charge in [0, 0.05) is 62.9 Å². The Morgan fingerprint density at radius 1 is 1.13 bits per heavy atom. The molecule has 9 heteroatoms. The molecule has 2 aromatic rings. The summed E-state index contributed by atoms with van der Waals surface area (Å²) in [7, 11) is 1.56. The molecule has 0 aliphatic carbocycles. The highest BCUT2D eigenvalue weighted by atomic mass is 32.2. The minimum Gasteiger partial charge on any atom is -0.308 e. The standard InChI is InChI=1S/C17H21N3O2S.C5H11NOS/c1-10-6-13(7-11(2)18-10)19-16(22)20-15-12(9-21)8-14(23-15)17(3,4)5;1-6-2-4-8(7)5-3-6/h6-9H,1-5H3,(H2,18,19,20,22);2-5H2,1H3. The third-order valence-corrected chi connectivity index (χ3v) is 7.36. The summed E-state index contributed by atoms with van der Waals surface area (Å²) in [6.07, 6.45) is 0.766. The first-order valence-electron chi connectivity index (χ1n) is 10.1. The molecule has 3 heterocycles. The predicted molar refractivity (Wildman–Crippen MR) is 130 cm³/mol. The average molecular weight is 465 g/mol. The number of carbonyl (C=O) groups is 2. The smallest absolute Gasteiger partial charge is 0.308 e. The number of pyridine rings is 1. The largest absolute Gasteiger partial charge is 0.324 e. The second kappa shape index (κ2) is 11.0. The van der Waals surface area contributed by atoms with Gasteiger partial charge < -0.3 is 10.2 Å². The number of aromatic nitrogens is 1. The fourth-order valence-corrected chi connectivity index (χ4v) is 5.18. The van der Waals surface area contributed by atoms with Gasteiger partial charge in [0.25, 0.3) is 0 Å². The summed E-state index contributed by atoms with van der Waals surface area (Å²) in [5.41, 5.74) is 2.77. The van der Waals surface area contributed by atoms with Crippen LogP contribution in [0.5, 0.6) is 0 Å². The lowest BCUT2D eigenvalue weighted by molar-refractivity contribution is 0.112. The van der Waals surface area contributed by atoms with E-state index in [4.69, 9.17) is 0 Å². The molecule has 2 N–H and O–H groups in total. The first-order valence-corrected chi connectivity index (χ1v) is 12.4. The summed E-state index contributed by atoms with van der Waals surface area (Å²) in [6.45, 7) is 12.0. The zero-order chi connectivity index (χ0) is 23.2.